The van der Waals surface area contributed by atoms with Gasteiger partial charge in [-0.1, -0.05) is 39.3 Å². The van der Waals surface area contributed by atoms with Gasteiger partial charge in [0, 0.05) is 5.57 Å². The number of hydrogen-bond acceptors (Lipinski definition) is 2. The normalized spacial score (nSPS) is 17.9. The average Bonchev–Trinajstić information content (AvgIpc) is 2.13. The quantitative estimate of drug-likeness (QED) is 0.536. The smallest absolute Gasteiger partial charge is 0.244 e. The van der Waals surface area contributed by atoms with Crippen molar-refractivity contribution in [3.8, 4) is 0 Å². The van der Waals surface area contributed by atoms with Crippen molar-refractivity contribution < 1.29 is 9.59 Å². The molecule has 0 amide bonds. The van der Waals surface area contributed by atoms with E-state index in [0.29, 0.717) is 5.57 Å². The Kier molecular flexibility index (Phi) is 3.50. The molecule has 0 N–H and O–H groups in total. The van der Waals surface area contributed by atoms with Gasteiger partial charge in [0.1, 0.15) is 0 Å². The van der Waals surface area contributed by atoms with Gasteiger partial charge in [-0.3, -0.25) is 9.59 Å². The number of hydrogen-bond donors (Lipinski definition) is 0. The molecule has 2 nitrogen and oxygen atoms in total. The molecule has 0 radical (unpaired) electrons. The van der Waals surface area contributed by atoms with Gasteiger partial charge in [0.2, 0.25) is 11.6 Å². The van der Waals surface area contributed by atoms with Crippen LogP contribution < -0.4 is 0 Å². The van der Waals surface area contributed by atoms with E-state index in [-0.39, 0.29) is 16.9 Å². The summed E-state index contributed by atoms with van der Waals surface area (Å²) < 4.78 is 0. The molecule has 0 spiro atoms. The molecular weight excluding hydrogens is 212 g/mol. The van der Waals surface area contributed by atoms with Gasteiger partial charge in [-0.15, -0.1) is 0 Å². The van der Waals surface area contributed by atoms with Gasteiger partial charge in [0.15, 0.2) is 0 Å². The summed E-state index contributed by atoms with van der Waals surface area (Å²) in [4.78, 5) is 23.2. The van der Waals surface area contributed by atoms with E-state index in [4.69, 9.17) is 11.6 Å². The molecular formula is C12H15ClO2. The van der Waals surface area contributed by atoms with Gasteiger partial charge in [-0.25, -0.2) is 0 Å². The van der Waals surface area contributed by atoms with Crippen molar-refractivity contribution in [2.75, 3.05) is 0 Å². The highest BCUT2D eigenvalue weighted by molar-refractivity contribution is 6.62. The Balaban J connectivity index is 3.28. The number of halogens is 1. The molecule has 15 heavy (non-hydrogen) atoms. The summed E-state index contributed by atoms with van der Waals surface area (Å²) in [5.74, 6) is -0.811. The van der Waals surface area contributed by atoms with Crippen LogP contribution in [0, 0.1) is 11.8 Å². The van der Waals surface area contributed by atoms with Crippen LogP contribution >= 0.6 is 11.6 Å². The molecule has 0 heterocycles. The lowest BCUT2D eigenvalue weighted by atomic mass is 9.86. The van der Waals surface area contributed by atoms with Gasteiger partial charge in [-0.2, -0.15) is 0 Å². The Bertz CT molecular complexity index is 373. The SMILES string of the molecule is CC(C)C1=CC(C(C)C)=C(Cl)C(=O)C1=O. The van der Waals surface area contributed by atoms with Crippen LogP contribution in [-0.2, 0) is 9.59 Å². The fourth-order valence-corrected chi connectivity index (χ4v) is 1.87. The van der Waals surface area contributed by atoms with Crippen LogP contribution in [0.1, 0.15) is 27.7 Å². The standard InChI is InChI=1S/C12H15ClO2/c1-6(2)8-5-9(7(3)4)11(14)12(15)10(8)13/h5-7H,1-4H3. The second-order valence-corrected chi connectivity index (χ2v) is 4.71. The van der Waals surface area contributed by atoms with E-state index in [2.05, 4.69) is 0 Å². The first-order valence-electron chi connectivity index (χ1n) is 5.06. The van der Waals surface area contributed by atoms with Crippen LogP contribution in [-0.4, -0.2) is 11.6 Å². The minimum atomic E-state index is -0.563. The van der Waals surface area contributed by atoms with E-state index < -0.39 is 11.6 Å². The summed E-state index contributed by atoms with van der Waals surface area (Å²) in [5, 5.41) is 0.0828. The molecule has 1 aliphatic carbocycles. The maximum atomic E-state index is 11.6. The van der Waals surface area contributed by atoms with Crippen molar-refractivity contribution in [1.82, 2.24) is 0 Å². The summed E-state index contributed by atoms with van der Waals surface area (Å²) in [5.41, 5.74) is 1.33. The van der Waals surface area contributed by atoms with Gasteiger partial charge in [0.25, 0.3) is 0 Å². The number of rotatable bonds is 2. The molecule has 0 saturated heterocycles. The van der Waals surface area contributed by atoms with Gasteiger partial charge in [-0.05, 0) is 23.5 Å². The second kappa shape index (κ2) is 4.31. The zero-order valence-electron chi connectivity index (χ0n) is 9.43. The van der Waals surface area contributed by atoms with Gasteiger partial charge in [0.05, 0.1) is 5.03 Å². The molecule has 1 aliphatic rings. The molecule has 1 rings (SSSR count). The van der Waals surface area contributed by atoms with Crippen molar-refractivity contribution in [2.45, 2.75) is 27.7 Å². The maximum Gasteiger partial charge on any atom is 0.244 e. The third-order valence-electron chi connectivity index (χ3n) is 2.48. The minimum Gasteiger partial charge on any atom is -0.285 e. The number of ketones is 2. The van der Waals surface area contributed by atoms with Crippen molar-refractivity contribution in [3.05, 3.63) is 22.3 Å². The highest BCUT2D eigenvalue weighted by atomic mass is 35.5. The topological polar surface area (TPSA) is 34.1 Å². The van der Waals surface area contributed by atoms with E-state index in [1.807, 2.05) is 27.7 Å². The first-order chi connectivity index (χ1) is 6.86. The third kappa shape index (κ3) is 2.20. The summed E-state index contributed by atoms with van der Waals surface area (Å²) in [6.07, 6.45) is 1.77. The monoisotopic (exact) mass is 226 g/mol. The average molecular weight is 227 g/mol. The Labute approximate surface area is 95.0 Å². The molecule has 0 aliphatic heterocycles. The van der Waals surface area contributed by atoms with Crippen LogP contribution in [0.5, 0.6) is 0 Å². The van der Waals surface area contributed by atoms with Crippen LogP contribution in [0.2, 0.25) is 0 Å². The van der Waals surface area contributed by atoms with Crippen molar-refractivity contribution in [1.29, 1.82) is 0 Å². The molecule has 0 aromatic rings. The van der Waals surface area contributed by atoms with Crippen molar-refractivity contribution in [3.63, 3.8) is 0 Å². The Morgan fingerprint density at radius 2 is 1.53 bits per heavy atom. The van der Waals surface area contributed by atoms with E-state index in [1.54, 1.807) is 6.08 Å². The third-order valence-corrected chi connectivity index (χ3v) is 2.87. The minimum absolute atomic E-state index is 0.0555. The number of carbonyl (C=O) groups is 2. The molecule has 82 valence electrons. The van der Waals surface area contributed by atoms with E-state index in [9.17, 15) is 9.59 Å². The number of carbonyl (C=O) groups excluding carboxylic acids is 2. The Morgan fingerprint density at radius 1 is 1.00 bits per heavy atom. The molecule has 0 atom stereocenters. The van der Waals surface area contributed by atoms with Crippen LogP contribution in [0.4, 0.5) is 0 Å². The lowest BCUT2D eigenvalue weighted by molar-refractivity contribution is -0.132. The van der Waals surface area contributed by atoms with E-state index in [1.165, 1.54) is 0 Å². The first kappa shape index (κ1) is 12.2. The zero-order chi connectivity index (χ0) is 11.7. The van der Waals surface area contributed by atoms with Crippen LogP contribution in [0.15, 0.2) is 22.3 Å². The van der Waals surface area contributed by atoms with E-state index in [0.717, 1.165) is 5.57 Å². The lowest BCUT2D eigenvalue weighted by Crippen LogP contribution is -2.25. The van der Waals surface area contributed by atoms with E-state index >= 15 is 0 Å². The molecule has 0 aromatic heterocycles. The Morgan fingerprint density at radius 3 is 1.93 bits per heavy atom. The summed E-state index contributed by atoms with van der Waals surface area (Å²) in [6.45, 7) is 7.70. The first-order valence-corrected chi connectivity index (χ1v) is 5.44. The van der Waals surface area contributed by atoms with Gasteiger partial charge >= 0.3 is 0 Å². The molecule has 0 bridgehead atoms. The molecule has 0 saturated carbocycles. The fraction of sp³-hybridized carbons (Fsp3) is 0.500. The highest BCUT2D eigenvalue weighted by Gasteiger charge is 2.30. The maximum absolute atomic E-state index is 11.6. The number of Topliss-reactive ketones (excluding diaryl/α,β-unsaturated/α-hetero) is 2. The largest absolute Gasteiger partial charge is 0.285 e. The lowest BCUT2D eigenvalue weighted by Gasteiger charge is -2.19. The Hall–Kier alpha value is -0.890. The van der Waals surface area contributed by atoms with Gasteiger partial charge < -0.3 is 0 Å². The summed E-state index contributed by atoms with van der Waals surface area (Å²) >= 11 is 5.86. The summed E-state index contributed by atoms with van der Waals surface area (Å²) in [6, 6.07) is 0. The second-order valence-electron chi connectivity index (χ2n) is 4.34. The molecule has 0 fully saturated rings. The summed E-state index contributed by atoms with van der Waals surface area (Å²) in [7, 11) is 0. The van der Waals surface area contributed by atoms with Crippen molar-refractivity contribution >= 4 is 23.2 Å². The molecule has 3 heteroatoms. The van der Waals surface area contributed by atoms with Crippen LogP contribution in [0.3, 0.4) is 0 Å². The predicted molar refractivity (Wildman–Crippen MR) is 60.7 cm³/mol. The molecule has 0 aromatic carbocycles. The van der Waals surface area contributed by atoms with Crippen LogP contribution in [0.25, 0.3) is 0 Å². The molecule has 0 unspecified atom stereocenters. The number of allylic oxidation sites excluding steroid dienone is 4. The predicted octanol–water partition coefficient (Wildman–Crippen LogP) is 2.87. The zero-order valence-corrected chi connectivity index (χ0v) is 10.2. The fourth-order valence-electron chi connectivity index (χ4n) is 1.51. The van der Waals surface area contributed by atoms with Crippen molar-refractivity contribution in [2.24, 2.45) is 11.8 Å². The highest BCUT2D eigenvalue weighted by Crippen LogP contribution is 2.29.